The number of rotatable bonds is 6. The quantitative estimate of drug-likeness (QED) is 0.583. The molecular weight excluding hydrogens is 388 g/mol. The van der Waals surface area contributed by atoms with E-state index in [2.05, 4.69) is 17.5 Å². The number of carbonyl (C=O) groups is 3. The van der Waals surface area contributed by atoms with Gasteiger partial charge >= 0.3 is 0 Å². The van der Waals surface area contributed by atoms with E-state index in [4.69, 9.17) is 0 Å². The van der Waals surface area contributed by atoms with E-state index in [1.165, 1.54) is 4.90 Å². The molecule has 2 fully saturated rings. The van der Waals surface area contributed by atoms with Gasteiger partial charge in [0.2, 0.25) is 17.7 Å². The Morgan fingerprint density at radius 2 is 1.35 bits per heavy atom. The fourth-order valence-corrected chi connectivity index (χ4v) is 5.45. The average molecular weight is 415 g/mol. The summed E-state index contributed by atoms with van der Waals surface area (Å²) in [6, 6.07) is 18.4. The van der Waals surface area contributed by atoms with E-state index in [1.807, 2.05) is 60.7 Å². The van der Waals surface area contributed by atoms with Crippen LogP contribution in [0.3, 0.4) is 0 Å². The van der Waals surface area contributed by atoms with Crippen LogP contribution in [0.1, 0.15) is 24.0 Å². The van der Waals surface area contributed by atoms with Crippen molar-refractivity contribution in [3.63, 3.8) is 0 Å². The summed E-state index contributed by atoms with van der Waals surface area (Å²) in [6.45, 7) is 0.362. The highest BCUT2D eigenvalue weighted by Crippen LogP contribution is 2.50. The third kappa shape index (κ3) is 3.58. The van der Waals surface area contributed by atoms with Crippen molar-refractivity contribution in [2.24, 2.45) is 23.7 Å². The molecule has 0 unspecified atom stereocenters. The molecule has 31 heavy (non-hydrogen) atoms. The van der Waals surface area contributed by atoms with Crippen LogP contribution in [0.4, 0.5) is 0 Å². The molecule has 5 nitrogen and oxygen atoms in total. The number of hydrogen-bond donors (Lipinski definition) is 1. The van der Waals surface area contributed by atoms with Crippen LogP contribution in [0.2, 0.25) is 0 Å². The second-order valence-corrected chi connectivity index (χ2v) is 8.80. The molecule has 3 amide bonds. The van der Waals surface area contributed by atoms with Crippen molar-refractivity contribution in [3.8, 4) is 0 Å². The van der Waals surface area contributed by atoms with Crippen molar-refractivity contribution in [3.05, 3.63) is 83.9 Å². The van der Waals surface area contributed by atoms with E-state index in [9.17, 15) is 14.4 Å². The molecule has 1 aliphatic heterocycles. The SMILES string of the molecule is O=C(NCc1ccccc1)[C@H](Cc1ccccc1)N1C(=O)[C@H]2[C@H](C1=O)[C@H]1C=C[C@H]2CC1. The van der Waals surface area contributed by atoms with Crippen LogP contribution in [0.5, 0.6) is 0 Å². The third-order valence-electron chi connectivity index (χ3n) is 6.99. The smallest absolute Gasteiger partial charge is 0.243 e. The number of hydrogen-bond acceptors (Lipinski definition) is 3. The molecule has 1 saturated carbocycles. The molecule has 3 aliphatic carbocycles. The normalized spacial score (nSPS) is 27.3. The number of nitrogens with zero attached hydrogens (tertiary/aromatic N) is 1. The molecule has 158 valence electrons. The van der Waals surface area contributed by atoms with Gasteiger partial charge in [-0.1, -0.05) is 72.8 Å². The lowest BCUT2D eigenvalue weighted by molar-refractivity contribution is -0.148. The van der Waals surface area contributed by atoms with E-state index in [0.29, 0.717) is 13.0 Å². The zero-order valence-corrected chi connectivity index (χ0v) is 17.3. The summed E-state index contributed by atoms with van der Waals surface area (Å²) >= 11 is 0. The lowest BCUT2D eigenvalue weighted by Gasteiger charge is -2.38. The molecule has 0 aromatic heterocycles. The van der Waals surface area contributed by atoms with Crippen molar-refractivity contribution in [2.75, 3.05) is 0 Å². The average Bonchev–Trinajstić information content (AvgIpc) is 3.10. The van der Waals surface area contributed by atoms with Crippen molar-refractivity contribution in [1.29, 1.82) is 0 Å². The lowest BCUT2D eigenvalue weighted by atomic mass is 9.63. The van der Waals surface area contributed by atoms with Gasteiger partial charge < -0.3 is 5.32 Å². The summed E-state index contributed by atoms with van der Waals surface area (Å²) in [7, 11) is 0. The van der Waals surface area contributed by atoms with Crippen LogP contribution < -0.4 is 5.32 Å². The van der Waals surface area contributed by atoms with Crippen LogP contribution in [-0.2, 0) is 27.3 Å². The number of amides is 3. The maximum Gasteiger partial charge on any atom is 0.243 e. The Balaban J connectivity index is 1.42. The summed E-state index contributed by atoms with van der Waals surface area (Å²) in [5, 5.41) is 2.96. The molecule has 5 atom stereocenters. The summed E-state index contributed by atoms with van der Waals surface area (Å²) in [4.78, 5) is 41.5. The van der Waals surface area contributed by atoms with Gasteiger partial charge in [-0.2, -0.15) is 0 Å². The molecule has 0 radical (unpaired) electrons. The van der Waals surface area contributed by atoms with Crippen LogP contribution >= 0.6 is 0 Å². The number of allylic oxidation sites excluding steroid dienone is 2. The highest BCUT2D eigenvalue weighted by atomic mass is 16.2. The zero-order valence-electron chi connectivity index (χ0n) is 17.3. The first-order chi connectivity index (χ1) is 15.1. The first kappa shape index (κ1) is 19.7. The minimum Gasteiger partial charge on any atom is -0.350 e. The van der Waals surface area contributed by atoms with Crippen LogP contribution in [0.15, 0.2) is 72.8 Å². The number of likely N-dealkylation sites (tertiary alicyclic amines) is 1. The Labute approximate surface area is 182 Å². The maximum absolute atomic E-state index is 13.4. The van der Waals surface area contributed by atoms with Gasteiger partial charge in [0.05, 0.1) is 11.8 Å². The molecule has 4 aliphatic rings. The predicted octanol–water partition coefficient (Wildman–Crippen LogP) is 3.11. The van der Waals surface area contributed by atoms with Crippen molar-refractivity contribution in [2.45, 2.75) is 31.8 Å². The third-order valence-corrected chi connectivity index (χ3v) is 6.99. The molecule has 2 bridgehead atoms. The van der Waals surface area contributed by atoms with E-state index >= 15 is 0 Å². The predicted molar refractivity (Wildman–Crippen MR) is 116 cm³/mol. The number of benzene rings is 2. The van der Waals surface area contributed by atoms with E-state index in [1.54, 1.807) is 0 Å². The summed E-state index contributed by atoms with van der Waals surface area (Å²) in [6.07, 6.45) is 6.41. The van der Waals surface area contributed by atoms with Gasteiger partial charge in [0.15, 0.2) is 0 Å². The number of carbonyl (C=O) groups excluding carboxylic acids is 3. The molecule has 1 N–H and O–H groups in total. The van der Waals surface area contributed by atoms with E-state index in [-0.39, 0.29) is 41.4 Å². The first-order valence-corrected chi connectivity index (χ1v) is 11.0. The molecule has 6 rings (SSSR count). The fourth-order valence-electron chi connectivity index (χ4n) is 5.45. The topological polar surface area (TPSA) is 66.5 Å². The first-order valence-electron chi connectivity index (χ1n) is 11.0. The number of fused-ring (bicyclic) bond motifs is 1. The Morgan fingerprint density at radius 3 is 1.87 bits per heavy atom. The van der Waals surface area contributed by atoms with Crippen molar-refractivity contribution >= 4 is 17.7 Å². The second kappa shape index (κ2) is 8.14. The van der Waals surface area contributed by atoms with E-state index in [0.717, 1.165) is 24.0 Å². The number of imide groups is 1. The monoisotopic (exact) mass is 414 g/mol. The van der Waals surface area contributed by atoms with Gasteiger partial charge in [0, 0.05) is 13.0 Å². The van der Waals surface area contributed by atoms with Crippen LogP contribution in [-0.4, -0.2) is 28.7 Å². The minimum absolute atomic E-state index is 0.112. The Kier molecular flexibility index (Phi) is 5.18. The van der Waals surface area contributed by atoms with E-state index < -0.39 is 6.04 Å². The Hall–Kier alpha value is -3.21. The summed E-state index contributed by atoms with van der Waals surface area (Å²) < 4.78 is 0. The fraction of sp³-hybridized carbons (Fsp3) is 0.346. The standard InChI is InChI=1S/C26H26N2O3/c29-24(27-16-18-9-5-2-6-10-18)21(15-17-7-3-1-4-8-17)28-25(30)22-19-11-12-20(14-13-19)23(22)26(28)31/h1-12,19-23H,13-16H2,(H,27,29)/t19-,20-,21-,22+,23+/m0/s1. The molecular formula is C26H26N2O3. The molecule has 5 heteroatoms. The maximum atomic E-state index is 13.4. The second-order valence-electron chi connectivity index (χ2n) is 8.80. The minimum atomic E-state index is -0.837. The number of nitrogens with one attached hydrogen (secondary N) is 1. The molecule has 2 aromatic rings. The molecule has 0 spiro atoms. The van der Waals surface area contributed by atoms with Gasteiger partial charge in [-0.05, 0) is 35.8 Å². The van der Waals surface area contributed by atoms with Gasteiger partial charge in [-0.25, -0.2) is 0 Å². The van der Waals surface area contributed by atoms with Gasteiger partial charge in [-0.15, -0.1) is 0 Å². The van der Waals surface area contributed by atoms with Gasteiger partial charge in [-0.3, -0.25) is 19.3 Å². The van der Waals surface area contributed by atoms with Crippen molar-refractivity contribution in [1.82, 2.24) is 10.2 Å². The molecule has 2 aromatic carbocycles. The Morgan fingerprint density at radius 1 is 0.839 bits per heavy atom. The molecule has 1 heterocycles. The lowest BCUT2D eigenvalue weighted by Crippen LogP contribution is -2.51. The van der Waals surface area contributed by atoms with Gasteiger partial charge in [0.1, 0.15) is 6.04 Å². The Bertz CT molecular complexity index is 985. The highest BCUT2D eigenvalue weighted by molar-refractivity contribution is 6.09. The summed E-state index contributed by atoms with van der Waals surface area (Å²) in [5.74, 6) is -1.03. The summed E-state index contributed by atoms with van der Waals surface area (Å²) in [5.41, 5.74) is 1.91. The van der Waals surface area contributed by atoms with Crippen LogP contribution in [0.25, 0.3) is 0 Å². The molecule has 1 saturated heterocycles. The van der Waals surface area contributed by atoms with Gasteiger partial charge in [0.25, 0.3) is 0 Å². The van der Waals surface area contributed by atoms with Crippen molar-refractivity contribution < 1.29 is 14.4 Å². The largest absolute Gasteiger partial charge is 0.350 e. The zero-order chi connectivity index (χ0) is 21.4. The van der Waals surface area contributed by atoms with Crippen LogP contribution in [0, 0.1) is 23.7 Å². The highest BCUT2D eigenvalue weighted by Gasteiger charge is 2.58.